The van der Waals surface area contributed by atoms with Crippen LogP contribution in [0.1, 0.15) is 43.4 Å². The lowest BCUT2D eigenvalue weighted by molar-refractivity contribution is -0.137. The van der Waals surface area contributed by atoms with E-state index in [9.17, 15) is 49.5 Å². The average Bonchev–Trinajstić information content (AvgIpc) is 3.38. The summed E-state index contributed by atoms with van der Waals surface area (Å²) in [7, 11) is 0. The third kappa shape index (κ3) is 4.97. The smallest absolute Gasteiger partial charge is 0.341 e. The second-order valence-corrected chi connectivity index (χ2v) is 9.57. The molecule has 0 bridgehead atoms. The van der Waals surface area contributed by atoms with Gasteiger partial charge < -0.3 is 10.6 Å². The average molecular weight is 619 g/mol. The molecule has 0 saturated heterocycles. The Morgan fingerprint density at radius 1 is 1.02 bits per heavy atom. The number of carbonyl (C=O) groups is 2. The normalized spacial score (nSPS) is 14.9. The zero-order chi connectivity index (χ0) is 30.7. The Balaban J connectivity index is 1.79. The topological polar surface area (TPSA) is 85.1 Å². The number of carbonyl (C=O) groups excluding carboxylic acids is 2. The molecule has 7 nitrogen and oxygen atoms in total. The number of fused-ring (bicyclic) bond motifs is 3. The van der Waals surface area contributed by atoms with Crippen molar-refractivity contribution in [2.75, 3.05) is 5.32 Å². The van der Waals surface area contributed by atoms with Crippen LogP contribution in [0.15, 0.2) is 47.3 Å². The highest BCUT2D eigenvalue weighted by molar-refractivity contribution is 6.31. The fraction of sp³-hybridized carbons (Fsp3) is 0.192. The van der Waals surface area contributed by atoms with Crippen LogP contribution in [0.4, 0.5) is 40.8 Å². The van der Waals surface area contributed by atoms with Crippen LogP contribution in [-0.2, 0) is 19.5 Å². The number of halogens is 9. The van der Waals surface area contributed by atoms with E-state index in [0.717, 1.165) is 24.3 Å². The summed E-state index contributed by atoms with van der Waals surface area (Å²) in [5.74, 6) is -4.51. The number of imidazole rings is 1. The predicted molar refractivity (Wildman–Crippen MR) is 133 cm³/mol. The first-order valence-electron chi connectivity index (χ1n) is 11.8. The summed E-state index contributed by atoms with van der Waals surface area (Å²) in [5, 5.41) is 4.61. The van der Waals surface area contributed by atoms with Gasteiger partial charge in [-0.3, -0.25) is 18.7 Å². The van der Waals surface area contributed by atoms with Crippen LogP contribution in [0.5, 0.6) is 0 Å². The van der Waals surface area contributed by atoms with E-state index in [2.05, 4.69) is 10.6 Å². The molecule has 0 saturated carbocycles. The fourth-order valence-corrected chi connectivity index (χ4v) is 5.11. The summed E-state index contributed by atoms with van der Waals surface area (Å²) in [6, 6.07) is 3.67. The summed E-state index contributed by atoms with van der Waals surface area (Å²) in [4.78, 5) is 39.2. The number of nitrogens with one attached hydrogen (secondary N) is 2. The van der Waals surface area contributed by atoms with Crippen LogP contribution in [0, 0.1) is 11.6 Å². The maximum atomic E-state index is 14.2. The highest BCUT2D eigenvalue weighted by Crippen LogP contribution is 2.43. The lowest BCUT2D eigenvalue weighted by Crippen LogP contribution is -2.26. The van der Waals surface area contributed by atoms with Crippen molar-refractivity contribution in [1.29, 1.82) is 0 Å². The van der Waals surface area contributed by atoms with Gasteiger partial charge in [-0.2, -0.15) is 13.2 Å². The van der Waals surface area contributed by atoms with Crippen LogP contribution in [0.25, 0.3) is 11.0 Å². The lowest BCUT2D eigenvalue weighted by atomic mass is 9.95. The Kier molecular flexibility index (Phi) is 7.25. The van der Waals surface area contributed by atoms with Crippen molar-refractivity contribution in [2.45, 2.75) is 32.0 Å². The number of hydrogen-bond acceptors (Lipinski definition) is 3. The van der Waals surface area contributed by atoms with Gasteiger partial charge in [0.05, 0.1) is 34.7 Å². The van der Waals surface area contributed by atoms with Gasteiger partial charge in [-0.25, -0.2) is 26.7 Å². The van der Waals surface area contributed by atoms with Crippen molar-refractivity contribution in [2.24, 2.45) is 0 Å². The molecule has 1 aliphatic rings. The molecule has 2 N–H and O–H groups in total. The summed E-state index contributed by atoms with van der Waals surface area (Å²) in [6.07, 6.45) is -8.14. The monoisotopic (exact) mass is 618 g/mol. The first-order chi connectivity index (χ1) is 19.7. The largest absolute Gasteiger partial charge is 0.416 e. The molecule has 2 heterocycles. The second-order valence-electron chi connectivity index (χ2n) is 9.17. The molecule has 16 heteroatoms. The predicted octanol–water partition coefficient (Wildman–Crippen LogP) is 6.03. The molecule has 1 atom stereocenters. The zero-order valence-corrected chi connectivity index (χ0v) is 21.4. The molecule has 1 aromatic heterocycles. The van der Waals surface area contributed by atoms with Crippen LogP contribution in [0.2, 0.25) is 5.02 Å². The van der Waals surface area contributed by atoms with E-state index in [0.29, 0.717) is 21.3 Å². The number of alkyl halides is 6. The molecule has 0 radical (unpaired) electrons. The number of benzene rings is 3. The number of anilines is 1. The van der Waals surface area contributed by atoms with E-state index in [1.165, 1.54) is 0 Å². The Morgan fingerprint density at radius 2 is 1.74 bits per heavy atom. The number of rotatable bonds is 6. The molecular formula is C26H15ClF8N4O3. The number of amides is 2. The van der Waals surface area contributed by atoms with E-state index in [-0.39, 0.29) is 22.2 Å². The Hall–Kier alpha value is -4.40. The van der Waals surface area contributed by atoms with Gasteiger partial charge >= 0.3 is 11.9 Å². The van der Waals surface area contributed by atoms with Gasteiger partial charge in [0.25, 0.3) is 18.2 Å². The molecule has 3 aromatic carbocycles. The van der Waals surface area contributed by atoms with Crippen molar-refractivity contribution in [3.8, 4) is 0 Å². The van der Waals surface area contributed by atoms with Gasteiger partial charge in [-0.05, 0) is 42.5 Å². The molecular weight excluding hydrogens is 604 g/mol. The quantitative estimate of drug-likeness (QED) is 0.259. The summed E-state index contributed by atoms with van der Waals surface area (Å²) < 4.78 is 110. The minimum Gasteiger partial charge on any atom is -0.341 e. The number of aromatic nitrogens is 2. The van der Waals surface area contributed by atoms with Crippen molar-refractivity contribution >= 4 is 40.1 Å². The molecule has 4 aromatic rings. The third-order valence-electron chi connectivity index (χ3n) is 6.58. The SMILES string of the molecule is O=C(Nc1cc2c(c3c1C(c1cc(F)ccc1Cl)NC3=O)n(CF)c(=O)n2CC(F)F)c1cc(F)cc(C(F)(F)F)c1. The van der Waals surface area contributed by atoms with Gasteiger partial charge in [-0.15, -0.1) is 0 Å². The highest BCUT2D eigenvalue weighted by atomic mass is 35.5. The minimum atomic E-state index is -5.02. The highest BCUT2D eigenvalue weighted by Gasteiger charge is 2.39. The first-order valence-corrected chi connectivity index (χ1v) is 12.2. The molecule has 0 spiro atoms. The van der Waals surface area contributed by atoms with Crippen molar-refractivity contribution in [1.82, 2.24) is 14.5 Å². The van der Waals surface area contributed by atoms with E-state index < -0.39 is 94.5 Å². The second kappa shape index (κ2) is 10.5. The molecule has 0 fully saturated rings. The van der Waals surface area contributed by atoms with E-state index in [1.807, 2.05) is 0 Å². The van der Waals surface area contributed by atoms with Gasteiger partial charge in [0, 0.05) is 27.4 Å². The Bertz CT molecular complexity index is 1830. The van der Waals surface area contributed by atoms with Crippen molar-refractivity contribution in [3.05, 3.63) is 97.4 Å². The van der Waals surface area contributed by atoms with E-state index in [4.69, 9.17) is 11.6 Å². The van der Waals surface area contributed by atoms with E-state index in [1.54, 1.807) is 0 Å². The van der Waals surface area contributed by atoms with Crippen molar-refractivity contribution < 1.29 is 44.7 Å². The standard InChI is InChI=1S/C26H15ClF8N4O3/c27-15-2-1-12(29)6-14(15)21-19-16(36-23(40)10-3-11(26(33,34)35)5-13(30)4-10)7-17-22(20(19)24(41)37-21)39(9-28)25(42)38(17)8-18(31)32/h1-7,18,21H,8-9H2,(H,36,40)(H,37,41). The molecule has 1 unspecified atom stereocenters. The fourth-order valence-electron chi connectivity index (χ4n) is 4.88. The Labute approximate surface area is 234 Å². The molecule has 2 amide bonds. The lowest BCUT2D eigenvalue weighted by Gasteiger charge is -2.19. The molecule has 5 rings (SSSR count). The van der Waals surface area contributed by atoms with Crippen molar-refractivity contribution in [3.63, 3.8) is 0 Å². The zero-order valence-electron chi connectivity index (χ0n) is 20.6. The summed E-state index contributed by atoms with van der Waals surface area (Å²) in [5.41, 5.74) is -5.59. The van der Waals surface area contributed by atoms with Gasteiger partial charge in [0.15, 0.2) is 6.80 Å². The minimum absolute atomic E-state index is 0.0649. The summed E-state index contributed by atoms with van der Waals surface area (Å²) in [6.45, 7) is -2.79. The van der Waals surface area contributed by atoms with Gasteiger partial charge in [0.1, 0.15) is 11.6 Å². The maximum absolute atomic E-state index is 14.2. The van der Waals surface area contributed by atoms with Crippen LogP contribution < -0.4 is 16.3 Å². The molecule has 220 valence electrons. The van der Waals surface area contributed by atoms with Gasteiger partial charge in [-0.1, -0.05) is 11.6 Å². The van der Waals surface area contributed by atoms with Gasteiger partial charge in [0.2, 0.25) is 0 Å². The Morgan fingerprint density at radius 3 is 2.38 bits per heavy atom. The number of hydrogen-bond donors (Lipinski definition) is 2. The first kappa shape index (κ1) is 29.1. The maximum Gasteiger partial charge on any atom is 0.416 e. The van der Waals surface area contributed by atoms with Crippen LogP contribution >= 0.6 is 11.6 Å². The van der Waals surface area contributed by atoms with E-state index >= 15 is 0 Å². The number of nitrogens with zero attached hydrogens (tertiary/aromatic N) is 2. The molecule has 1 aliphatic heterocycles. The van der Waals surface area contributed by atoms with Crippen LogP contribution in [-0.4, -0.2) is 27.4 Å². The molecule has 42 heavy (non-hydrogen) atoms. The van der Waals surface area contributed by atoms with Crippen LogP contribution in [0.3, 0.4) is 0 Å². The molecule has 0 aliphatic carbocycles. The third-order valence-corrected chi connectivity index (χ3v) is 6.92. The summed E-state index contributed by atoms with van der Waals surface area (Å²) >= 11 is 6.23.